The summed E-state index contributed by atoms with van der Waals surface area (Å²) in [7, 11) is 0. The van der Waals surface area contributed by atoms with E-state index in [0.717, 1.165) is 16.5 Å². The van der Waals surface area contributed by atoms with Gasteiger partial charge in [0.05, 0.1) is 16.1 Å². The molecule has 0 spiro atoms. The summed E-state index contributed by atoms with van der Waals surface area (Å²) in [6, 6.07) is 24.8. The van der Waals surface area contributed by atoms with E-state index in [1.807, 2.05) is 47.0 Å². The van der Waals surface area contributed by atoms with Crippen molar-refractivity contribution in [2.24, 2.45) is 0 Å². The van der Waals surface area contributed by atoms with Crippen molar-refractivity contribution in [3.63, 3.8) is 0 Å². The lowest BCUT2D eigenvalue weighted by Gasteiger charge is -2.18. The van der Waals surface area contributed by atoms with Gasteiger partial charge in [0.25, 0.3) is 5.69 Å². The molecule has 0 saturated heterocycles. The first-order valence-electron chi connectivity index (χ1n) is 9.81. The zero-order valence-corrected chi connectivity index (χ0v) is 17.2. The monoisotopic (exact) mass is 394 g/mol. The van der Waals surface area contributed by atoms with E-state index in [4.69, 9.17) is 0 Å². The molecule has 4 heteroatoms. The molecule has 0 bridgehead atoms. The van der Waals surface area contributed by atoms with Crippen molar-refractivity contribution in [2.45, 2.75) is 26.2 Å². The normalized spacial score (nSPS) is 11.2. The molecule has 0 N–H and O–H groups in total. The van der Waals surface area contributed by atoms with E-state index in [2.05, 4.69) is 44.7 Å². The molecule has 1 aromatic heterocycles. The minimum absolute atomic E-state index is 0.0523. The smallest absolute Gasteiger partial charge is 0.293 e. The minimum atomic E-state index is -0.355. The van der Waals surface area contributed by atoms with Gasteiger partial charge in [0, 0.05) is 17.0 Å². The summed E-state index contributed by atoms with van der Waals surface area (Å²) in [5.74, 6) is 6.45. The van der Waals surface area contributed by atoms with Gasteiger partial charge >= 0.3 is 0 Å². The Kier molecular flexibility index (Phi) is 4.89. The summed E-state index contributed by atoms with van der Waals surface area (Å²) in [4.78, 5) is 11.3. The first-order valence-corrected chi connectivity index (χ1v) is 9.81. The highest BCUT2D eigenvalue weighted by Crippen LogP contribution is 2.30. The summed E-state index contributed by atoms with van der Waals surface area (Å²) in [5, 5.41) is 12.6. The van der Waals surface area contributed by atoms with Crippen LogP contribution < -0.4 is 0 Å². The molecule has 4 nitrogen and oxygen atoms in total. The molecule has 0 aliphatic rings. The van der Waals surface area contributed by atoms with Crippen LogP contribution in [0.25, 0.3) is 16.6 Å². The zero-order valence-electron chi connectivity index (χ0n) is 17.2. The number of rotatable bonds is 2. The molecule has 0 atom stereocenters. The fourth-order valence-electron chi connectivity index (χ4n) is 3.50. The molecule has 0 radical (unpaired) electrons. The maximum Gasteiger partial charge on any atom is 0.293 e. The van der Waals surface area contributed by atoms with Gasteiger partial charge in [-0.15, -0.1) is 0 Å². The number of hydrogen-bond acceptors (Lipinski definition) is 2. The third kappa shape index (κ3) is 3.70. The van der Waals surface area contributed by atoms with Crippen LogP contribution in [-0.2, 0) is 5.41 Å². The standard InChI is InChI=1S/C26H22N2O2/c1-26(2,3)21-15-12-19(13-16-21)14-17-22-18-20-8-4-5-9-23(20)27(22)24-10-6-7-11-25(24)28(29)30/h4-13,15-16,18H,1-3H3. The fraction of sp³-hybridized carbons (Fsp3) is 0.154. The molecule has 0 aliphatic carbocycles. The second kappa shape index (κ2) is 7.53. The summed E-state index contributed by atoms with van der Waals surface area (Å²) in [5.41, 5.74) is 4.41. The number of nitro benzene ring substituents is 1. The van der Waals surface area contributed by atoms with E-state index < -0.39 is 0 Å². The molecule has 0 fully saturated rings. The van der Waals surface area contributed by atoms with E-state index in [0.29, 0.717) is 11.4 Å². The molecule has 30 heavy (non-hydrogen) atoms. The number of nitrogens with zero attached hydrogens (tertiary/aromatic N) is 2. The van der Waals surface area contributed by atoms with Gasteiger partial charge in [0.2, 0.25) is 0 Å². The zero-order chi connectivity index (χ0) is 21.3. The number of aromatic nitrogens is 1. The molecular formula is C26H22N2O2. The van der Waals surface area contributed by atoms with Gasteiger partial charge in [0.15, 0.2) is 0 Å². The molecule has 0 unspecified atom stereocenters. The quantitative estimate of drug-likeness (QED) is 0.230. The van der Waals surface area contributed by atoms with Crippen LogP contribution in [0.5, 0.6) is 0 Å². The Morgan fingerprint density at radius 2 is 1.53 bits per heavy atom. The molecule has 148 valence electrons. The third-order valence-electron chi connectivity index (χ3n) is 5.12. The van der Waals surface area contributed by atoms with Gasteiger partial charge < -0.3 is 0 Å². The Morgan fingerprint density at radius 3 is 2.23 bits per heavy atom. The maximum atomic E-state index is 11.6. The van der Waals surface area contributed by atoms with E-state index in [9.17, 15) is 10.1 Å². The van der Waals surface area contributed by atoms with E-state index in [-0.39, 0.29) is 16.0 Å². The van der Waals surface area contributed by atoms with Crippen molar-refractivity contribution in [2.75, 3.05) is 0 Å². The predicted octanol–water partition coefficient (Wildman–Crippen LogP) is 6.24. The Hall–Kier alpha value is -3.84. The minimum Gasteiger partial charge on any atom is -0.296 e. The number of benzene rings is 3. The van der Waals surface area contributed by atoms with Crippen LogP contribution in [0.1, 0.15) is 37.6 Å². The van der Waals surface area contributed by atoms with E-state index in [1.54, 1.807) is 18.2 Å². The van der Waals surface area contributed by atoms with Gasteiger partial charge in [-0.1, -0.05) is 69.2 Å². The largest absolute Gasteiger partial charge is 0.296 e. The summed E-state index contributed by atoms with van der Waals surface area (Å²) in [6.45, 7) is 6.54. The maximum absolute atomic E-state index is 11.6. The molecule has 4 aromatic rings. The predicted molar refractivity (Wildman–Crippen MR) is 121 cm³/mol. The number of para-hydroxylation sites is 3. The van der Waals surface area contributed by atoms with E-state index >= 15 is 0 Å². The summed E-state index contributed by atoms with van der Waals surface area (Å²) in [6.07, 6.45) is 0. The Morgan fingerprint density at radius 1 is 0.867 bits per heavy atom. The molecule has 0 saturated carbocycles. The highest BCUT2D eigenvalue weighted by Gasteiger charge is 2.18. The Labute approximate surface area is 175 Å². The highest BCUT2D eigenvalue weighted by molar-refractivity contribution is 5.85. The molecular weight excluding hydrogens is 372 g/mol. The van der Waals surface area contributed by atoms with Crippen molar-refractivity contribution in [3.8, 4) is 17.5 Å². The van der Waals surface area contributed by atoms with Crippen molar-refractivity contribution in [1.29, 1.82) is 0 Å². The number of nitro groups is 1. The first kappa shape index (κ1) is 19.5. The molecule has 1 heterocycles. The van der Waals surface area contributed by atoms with Gasteiger partial charge in [-0.3, -0.25) is 14.7 Å². The van der Waals surface area contributed by atoms with Crippen molar-refractivity contribution in [1.82, 2.24) is 4.57 Å². The Balaban J connectivity index is 1.85. The Bertz CT molecular complexity index is 1300. The van der Waals surface area contributed by atoms with Crippen LogP contribution in [0.15, 0.2) is 78.9 Å². The van der Waals surface area contributed by atoms with Crippen molar-refractivity contribution < 1.29 is 4.92 Å². The highest BCUT2D eigenvalue weighted by atomic mass is 16.6. The molecule has 0 amide bonds. The van der Waals surface area contributed by atoms with E-state index in [1.165, 1.54) is 11.6 Å². The lowest BCUT2D eigenvalue weighted by Crippen LogP contribution is -2.10. The summed E-state index contributed by atoms with van der Waals surface area (Å²) >= 11 is 0. The van der Waals surface area contributed by atoms with Crippen molar-refractivity contribution >= 4 is 16.6 Å². The van der Waals surface area contributed by atoms with Crippen LogP contribution in [0, 0.1) is 22.0 Å². The molecule has 3 aromatic carbocycles. The van der Waals surface area contributed by atoms with Crippen LogP contribution in [0.2, 0.25) is 0 Å². The summed E-state index contributed by atoms with van der Waals surface area (Å²) < 4.78 is 1.87. The van der Waals surface area contributed by atoms with Crippen molar-refractivity contribution in [3.05, 3.63) is 106 Å². The lowest BCUT2D eigenvalue weighted by atomic mass is 9.87. The first-order chi connectivity index (χ1) is 14.3. The number of fused-ring (bicyclic) bond motifs is 1. The third-order valence-corrected chi connectivity index (χ3v) is 5.12. The second-order valence-electron chi connectivity index (χ2n) is 8.25. The molecule has 4 rings (SSSR count). The van der Waals surface area contributed by atoms with Gasteiger partial charge in [0.1, 0.15) is 5.69 Å². The topological polar surface area (TPSA) is 48.1 Å². The second-order valence-corrected chi connectivity index (χ2v) is 8.25. The van der Waals surface area contributed by atoms with Crippen LogP contribution >= 0.6 is 0 Å². The van der Waals surface area contributed by atoms with Crippen LogP contribution in [0.4, 0.5) is 5.69 Å². The van der Waals surface area contributed by atoms with Gasteiger partial charge in [-0.25, -0.2) is 0 Å². The lowest BCUT2D eigenvalue weighted by molar-refractivity contribution is -0.384. The van der Waals surface area contributed by atoms with Gasteiger partial charge in [-0.05, 0) is 47.2 Å². The SMILES string of the molecule is CC(C)(C)c1ccc(C#Cc2cc3ccccc3n2-c2ccccc2[N+](=O)[O-])cc1. The van der Waals surface area contributed by atoms with Crippen LogP contribution in [-0.4, -0.2) is 9.49 Å². The van der Waals surface area contributed by atoms with Crippen LogP contribution in [0.3, 0.4) is 0 Å². The average Bonchev–Trinajstić information content (AvgIpc) is 3.10. The number of hydrogen-bond donors (Lipinski definition) is 0. The average molecular weight is 394 g/mol. The fourth-order valence-corrected chi connectivity index (χ4v) is 3.50. The molecule has 0 aliphatic heterocycles. The van der Waals surface area contributed by atoms with Gasteiger partial charge in [-0.2, -0.15) is 0 Å².